The Labute approximate surface area is 125 Å². The molecule has 2 N–H and O–H groups in total. The quantitative estimate of drug-likeness (QED) is 0.826. The minimum atomic E-state index is -3.69. The van der Waals surface area contributed by atoms with Crippen molar-refractivity contribution in [3.63, 3.8) is 0 Å². The first-order valence-corrected chi connectivity index (χ1v) is 8.33. The van der Waals surface area contributed by atoms with Crippen LogP contribution in [-0.4, -0.2) is 39.9 Å². The summed E-state index contributed by atoms with van der Waals surface area (Å²) in [5.74, 6) is 0.811. The molecule has 0 spiro atoms. The van der Waals surface area contributed by atoms with Gasteiger partial charge in [0.1, 0.15) is 0 Å². The monoisotopic (exact) mass is 315 g/mol. The maximum Gasteiger partial charge on any atom is 0.240 e. The lowest BCUT2D eigenvalue weighted by molar-refractivity contribution is 0.0532. The molecule has 7 heteroatoms. The molecule has 1 aromatic rings. The van der Waals surface area contributed by atoms with Gasteiger partial charge < -0.3 is 14.6 Å². The van der Waals surface area contributed by atoms with E-state index in [2.05, 4.69) is 4.72 Å². The smallest absolute Gasteiger partial charge is 0.240 e. The van der Waals surface area contributed by atoms with Crippen molar-refractivity contribution in [3.05, 3.63) is 18.2 Å². The first-order valence-electron chi connectivity index (χ1n) is 6.84. The molecule has 0 heterocycles. The maximum atomic E-state index is 12.3. The second-order valence-corrected chi connectivity index (χ2v) is 7.04. The predicted molar refractivity (Wildman–Crippen MR) is 78.2 cm³/mol. The van der Waals surface area contributed by atoms with Crippen LogP contribution in [0.15, 0.2) is 23.1 Å². The fraction of sp³-hybridized carbons (Fsp3) is 0.571. The molecule has 0 aliphatic heterocycles. The molecular weight excluding hydrogens is 294 g/mol. The zero-order valence-electron chi connectivity index (χ0n) is 12.3. The van der Waals surface area contributed by atoms with Crippen molar-refractivity contribution in [2.75, 3.05) is 20.8 Å². The van der Waals surface area contributed by atoms with Gasteiger partial charge >= 0.3 is 0 Å². The average Bonchev–Trinajstić information content (AvgIpc) is 2.92. The van der Waals surface area contributed by atoms with Crippen LogP contribution in [-0.2, 0) is 10.0 Å². The van der Waals surface area contributed by atoms with Gasteiger partial charge in [-0.1, -0.05) is 12.8 Å². The molecule has 1 aromatic carbocycles. The fourth-order valence-corrected chi connectivity index (χ4v) is 3.64. The van der Waals surface area contributed by atoms with Gasteiger partial charge in [-0.15, -0.1) is 0 Å². The van der Waals surface area contributed by atoms with Crippen molar-refractivity contribution < 1.29 is 23.0 Å². The molecule has 0 atom stereocenters. The lowest BCUT2D eigenvalue weighted by Crippen LogP contribution is -2.40. The van der Waals surface area contributed by atoms with E-state index in [4.69, 9.17) is 9.47 Å². The number of sulfonamides is 1. The zero-order valence-corrected chi connectivity index (χ0v) is 13.1. The van der Waals surface area contributed by atoms with Gasteiger partial charge in [-0.05, 0) is 25.0 Å². The number of aliphatic hydroxyl groups is 1. The molecule has 1 fully saturated rings. The highest BCUT2D eigenvalue weighted by Gasteiger charge is 2.32. The van der Waals surface area contributed by atoms with Crippen molar-refractivity contribution in [1.29, 1.82) is 0 Å². The molecule has 1 aliphatic carbocycles. The normalized spacial score (nSPS) is 17.7. The SMILES string of the molecule is COc1ccc(S(=O)(=O)NCC2(O)CCCC2)cc1OC. The summed E-state index contributed by atoms with van der Waals surface area (Å²) in [4.78, 5) is 0.0850. The van der Waals surface area contributed by atoms with Crippen molar-refractivity contribution in [3.8, 4) is 11.5 Å². The number of rotatable bonds is 6. The number of nitrogens with one attached hydrogen (secondary N) is 1. The Morgan fingerprint density at radius 3 is 2.38 bits per heavy atom. The van der Waals surface area contributed by atoms with Crippen molar-refractivity contribution >= 4 is 10.0 Å². The first kappa shape index (κ1) is 16.1. The Bertz CT molecular complexity index is 593. The molecule has 0 radical (unpaired) electrons. The van der Waals surface area contributed by atoms with E-state index in [1.165, 1.54) is 32.4 Å². The van der Waals surface area contributed by atoms with Crippen LogP contribution >= 0.6 is 0 Å². The molecule has 21 heavy (non-hydrogen) atoms. The van der Waals surface area contributed by atoms with E-state index < -0.39 is 15.6 Å². The van der Waals surface area contributed by atoms with E-state index in [1.807, 2.05) is 0 Å². The molecule has 1 saturated carbocycles. The highest BCUT2D eigenvalue weighted by molar-refractivity contribution is 7.89. The molecule has 0 unspecified atom stereocenters. The number of hydrogen-bond acceptors (Lipinski definition) is 5. The van der Waals surface area contributed by atoms with Crippen LogP contribution in [0.2, 0.25) is 0 Å². The Hall–Kier alpha value is -1.31. The van der Waals surface area contributed by atoms with Gasteiger partial charge in [0, 0.05) is 12.6 Å². The maximum absolute atomic E-state index is 12.3. The summed E-state index contributed by atoms with van der Waals surface area (Å²) in [7, 11) is -0.756. The summed E-state index contributed by atoms with van der Waals surface area (Å²) in [5.41, 5.74) is -0.927. The van der Waals surface area contributed by atoms with Gasteiger partial charge in [0.05, 0.1) is 24.7 Å². The number of benzene rings is 1. The number of hydrogen-bond donors (Lipinski definition) is 2. The molecule has 2 rings (SSSR count). The summed E-state index contributed by atoms with van der Waals surface area (Å²) in [6, 6.07) is 4.39. The molecule has 6 nitrogen and oxygen atoms in total. The van der Waals surface area contributed by atoms with E-state index in [0.29, 0.717) is 24.3 Å². The number of ether oxygens (including phenoxy) is 2. The van der Waals surface area contributed by atoms with E-state index in [1.54, 1.807) is 0 Å². The van der Waals surface area contributed by atoms with Gasteiger partial charge in [0.25, 0.3) is 0 Å². The van der Waals surface area contributed by atoms with Crippen LogP contribution in [0.1, 0.15) is 25.7 Å². The van der Waals surface area contributed by atoms with E-state index in [-0.39, 0.29) is 11.4 Å². The number of methoxy groups -OCH3 is 2. The van der Waals surface area contributed by atoms with Crippen LogP contribution in [0.4, 0.5) is 0 Å². The fourth-order valence-electron chi connectivity index (χ4n) is 2.51. The zero-order chi connectivity index (χ0) is 15.5. The van der Waals surface area contributed by atoms with Gasteiger partial charge in [-0.25, -0.2) is 13.1 Å². The van der Waals surface area contributed by atoms with Gasteiger partial charge in [-0.2, -0.15) is 0 Å². The summed E-state index contributed by atoms with van der Waals surface area (Å²) in [6.45, 7) is 0.0314. The third-order valence-corrected chi connectivity index (χ3v) is 5.19. The molecule has 0 bridgehead atoms. The van der Waals surface area contributed by atoms with E-state index in [9.17, 15) is 13.5 Å². The van der Waals surface area contributed by atoms with Crippen LogP contribution in [0, 0.1) is 0 Å². The Balaban J connectivity index is 2.15. The van der Waals surface area contributed by atoms with E-state index >= 15 is 0 Å². The summed E-state index contributed by atoms with van der Waals surface area (Å²) >= 11 is 0. The summed E-state index contributed by atoms with van der Waals surface area (Å²) in [6.07, 6.45) is 3.10. The largest absolute Gasteiger partial charge is 0.493 e. The lowest BCUT2D eigenvalue weighted by Gasteiger charge is -2.22. The van der Waals surface area contributed by atoms with Crippen molar-refractivity contribution in [2.24, 2.45) is 0 Å². The van der Waals surface area contributed by atoms with Crippen LogP contribution in [0.3, 0.4) is 0 Å². The second-order valence-electron chi connectivity index (χ2n) is 5.27. The van der Waals surface area contributed by atoms with Gasteiger partial charge in [0.15, 0.2) is 11.5 Å². The van der Waals surface area contributed by atoms with Gasteiger partial charge in [-0.3, -0.25) is 0 Å². The first-order chi connectivity index (χ1) is 9.90. The summed E-state index contributed by atoms with van der Waals surface area (Å²) in [5, 5.41) is 10.2. The molecule has 118 valence electrons. The second kappa shape index (κ2) is 6.21. The average molecular weight is 315 g/mol. The Morgan fingerprint density at radius 1 is 1.19 bits per heavy atom. The van der Waals surface area contributed by atoms with Crippen LogP contribution in [0.5, 0.6) is 11.5 Å². The van der Waals surface area contributed by atoms with Crippen molar-refractivity contribution in [2.45, 2.75) is 36.2 Å². The lowest BCUT2D eigenvalue weighted by atomic mass is 10.0. The third kappa shape index (κ3) is 3.66. The molecule has 0 saturated heterocycles. The van der Waals surface area contributed by atoms with Gasteiger partial charge in [0.2, 0.25) is 10.0 Å². The highest BCUT2D eigenvalue weighted by Crippen LogP contribution is 2.31. The Kier molecular flexibility index (Phi) is 4.75. The molecule has 0 aromatic heterocycles. The predicted octanol–water partition coefficient (Wildman–Crippen LogP) is 1.29. The summed E-state index contributed by atoms with van der Waals surface area (Å²) < 4.78 is 37.2. The van der Waals surface area contributed by atoms with E-state index in [0.717, 1.165) is 12.8 Å². The third-order valence-electron chi connectivity index (χ3n) is 3.79. The van der Waals surface area contributed by atoms with Crippen LogP contribution in [0.25, 0.3) is 0 Å². The molecule has 1 aliphatic rings. The van der Waals surface area contributed by atoms with Crippen molar-refractivity contribution in [1.82, 2.24) is 4.72 Å². The van der Waals surface area contributed by atoms with Crippen LogP contribution < -0.4 is 14.2 Å². The molecule has 0 amide bonds. The topological polar surface area (TPSA) is 84.9 Å². The minimum absolute atomic E-state index is 0.0314. The molecular formula is C14H21NO5S. The Morgan fingerprint density at radius 2 is 1.81 bits per heavy atom. The highest BCUT2D eigenvalue weighted by atomic mass is 32.2. The standard InChI is InChI=1S/C14H21NO5S/c1-19-12-6-5-11(9-13(12)20-2)21(17,18)15-10-14(16)7-3-4-8-14/h5-6,9,15-16H,3-4,7-8,10H2,1-2H3. The minimum Gasteiger partial charge on any atom is -0.493 e.